The van der Waals surface area contributed by atoms with Gasteiger partial charge in [-0.2, -0.15) is 35.1 Å². The Labute approximate surface area is 105 Å². The lowest BCUT2D eigenvalue weighted by molar-refractivity contribution is 1.03. The Hall–Kier alpha value is -3.31. The number of aromatic nitrogens is 9. The van der Waals surface area contributed by atoms with E-state index in [9.17, 15) is 0 Å². The zero-order valence-corrected chi connectivity index (χ0v) is 9.36. The first kappa shape index (κ1) is 10.8. The van der Waals surface area contributed by atoms with Crippen LogP contribution in [0.5, 0.6) is 0 Å². The molecule has 3 aromatic rings. The van der Waals surface area contributed by atoms with Crippen LogP contribution in [0.1, 0.15) is 0 Å². The predicted octanol–water partition coefficient (Wildman–Crippen LogP) is -0.823. The molecule has 3 aromatic heterocycles. The molecule has 0 fully saturated rings. The van der Waals surface area contributed by atoms with Crippen LogP contribution in [0.3, 0.4) is 0 Å². The van der Waals surface area contributed by atoms with Crippen LogP contribution in [-0.4, -0.2) is 45.3 Å². The highest BCUT2D eigenvalue weighted by atomic mass is 15.3. The van der Waals surface area contributed by atoms with E-state index < -0.39 is 0 Å². The van der Waals surface area contributed by atoms with Gasteiger partial charge in [0.1, 0.15) is 12.7 Å². The maximum Gasteiger partial charge on any atom is 0.236 e. The van der Waals surface area contributed by atoms with Gasteiger partial charge >= 0.3 is 0 Å². The van der Waals surface area contributed by atoms with Crippen molar-refractivity contribution in [2.75, 3.05) is 16.4 Å². The molecule has 0 unspecified atom stereocenters. The molecule has 0 radical (unpaired) electrons. The van der Waals surface area contributed by atoms with Crippen molar-refractivity contribution in [1.29, 1.82) is 0 Å². The van der Waals surface area contributed by atoms with Crippen molar-refractivity contribution >= 4 is 29.7 Å². The maximum absolute atomic E-state index is 5.58. The number of aromatic amines is 2. The Morgan fingerprint density at radius 1 is 0.842 bits per heavy atom. The Morgan fingerprint density at radius 3 is 1.79 bits per heavy atom. The summed E-state index contributed by atoms with van der Waals surface area (Å²) in [6.45, 7) is 0. The number of nitrogen functional groups attached to an aromatic ring is 1. The van der Waals surface area contributed by atoms with Crippen molar-refractivity contribution < 1.29 is 0 Å². The summed E-state index contributed by atoms with van der Waals surface area (Å²) >= 11 is 0. The zero-order chi connectivity index (χ0) is 13.1. The van der Waals surface area contributed by atoms with Gasteiger partial charge in [0.2, 0.25) is 29.7 Å². The van der Waals surface area contributed by atoms with E-state index >= 15 is 0 Å². The number of nitrogens with two attached hydrogens (primary N) is 1. The molecular formula is C7H8N12. The fourth-order valence-electron chi connectivity index (χ4n) is 1.25. The minimum Gasteiger partial charge on any atom is -0.368 e. The molecule has 3 heterocycles. The van der Waals surface area contributed by atoms with Crippen molar-refractivity contribution in [2.24, 2.45) is 0 Å². The molecule has 0 aromatic carbocycles. The van der Waals surface area contributed by atoms with E-state index in [1.807, 2.05) is 0 Å². The smallest absolute Gasteiger partial charge is 0.236 e. The van der Waals surface area contributed by atoms with Crippen LogP contribution in [-0.2, 0) is 0 Å². The molecular weight excluding hydrogens is 252 g/mol. The quantitative estimate of drug-likeness (QED) is 0.398. The van der Waals surface area contributed by atoms with Crippen LogP contribution in [0, 0.1) is 0 Å². The van der Waals surface area contributed by atoms with Gasteiger partial charge in [-0.3, -0.25) is 10.6 Å². The largest absolute Gasteiger partial charge is 0.368 e. The van der Waals surface area contributed by atoms with Crippen LogP contribution in [0.25, 0.3) is 0 Å². The van der Waals surface area contributed by atoms with Crippen molar-refractivity contribution in [2.45, 2.75) is 0 Å². The highest BCUT2D eigenvalue weighted by molar-refractivity contribution is 5.50. The van der Waals surface area contributed by atoms with Gasteiger partial charge in [0, 0.05) is 0 Å². The van der Waals surface area contributed by atoms with E-state index in [0.29, 0.717) is 11.9 Å². The molecule has 12 heteroatoms. The van der Waals surface area contributed by atoms with Gasteiger partial charge in [-0.15, -0.1) is 0 Å². The van der Waals surface area contributed by atoms with E-state index in [2.05, 4.69) is 55.9 Å². The van der Waals surface area contributed by atoms with E-state index in [-0.39, 0.29) is 17.8 Å². The summed E-state index contributed by atoms with van der Waals surface area (Å²) in [6, 6.07) is 0. The van der Waals surface area contributed by atoms with Crippen LogP contribution >= 0.6 is 0 Å². The average Bonchev–Trinajstić information content (AvgIpc) is 3.01. The second kappa shape index (κ2) is 4.52. The molecule has 3 rings (SSSR count). The first-order valence-corrected chi connectivity index (χ1v) is 5.06. The summed E-state index contributed by atoms with van der Waals surface area (Å²) in [4.78, 5) is 19.7. The number of hydrogen-bond donors (Lipinski definition) is 5. The van der Waals surface area contributed by atoms with Crippen molar-refractivity contribution in [3.8, 4) is 0 Å². The number of nitrogens with zero attached hydrogens (tertiary/aromatic N) is 7. The molecule has 0 saturated heterocycles. The van der Waals surface area contributed by atoms with E-state index in [1.165, 1.54) is 12.7 Å². The van der Waals surface area contributed by atoms with Crippen LogP contribution in [0.15, 0.2) is 12.7 Å². The molecule has 6 N–H and O–H groups in total. The van der Waals surface area contributed by atoms with E-state index in [0.717, 1.165) is 0 Å². The molecule has 0 spiro atoms. The van der Waals surface area contributed by atoms with Crippen LogP contribution < -0.4 is 16.4 Å². The van der Waals surface area contributed by atoms with Gasteiger partial charge in [0.05, 0.1) is 0 Å². The molecule has 96 valence electrons. The summed E-state index contributed by atoms with van der Waals surface area (Å²) in [5, 5.41) is 18.2. The molecule has 0 bridgehead atoms. The normalized spacial score (nSPS) is 10.3. The zero-order valence-electron chi connectivity index (χ0n) is 9.36. The van der Waals surface area contributed by atoms with Gasteiger partial charge in [0.15, 0.2) is 0 Å². The lowest BCUT2D eigenvalue weighted by Crippen LogP contribution is -2.08. The SMILES string of the molecule is Nc1nc(Nc2ncn[nH]2)nc(Nc2ncn[nH]2)n1. The minimum atomic E-state index is 0.0408. The Bertz CT molecular complexity index is 588. The predicted molar refractivity (Wildman–Crippen MR) is 63.6 cm³/mol. The maximum atomic E-state index is 5.58. The lowest BCUT2D eigenvalue weighted by atomic mass is 10.8. The summed E-state index contributed by atoms with van der Waals surface area (Å²) in [7, 11) is 0. The Morgan fingerprint density at radius 2 is 1.37 bits per heavy atom. The van der Waals surface area contributed by atoms with E-state index in [1.54, 1.807) is 0 Å². The van der Waals surface area contributed by atoms with Gasteiger partial charge in [-0.1, -0.05) is 0 Å². The van der Waals surface area contributed by atoms with E-state index in [4.69, 9.17) is 5.73 Å². The number of H-pyrrole nitrogens is 2. The monoisotopic (exact) mass is 260 g/mol. The molecule has 0 atom stereocenters. The average molecular weight is 260 g/mol. The lowest BCUT2D eigenvalue weighted by Gasteiger charge is -2.04. The third-order valence-corrected chi connectivity index (χ3v) is 1.94. The highest BCUT2D eigenvalue weighted by Gasteiger charge is 2.07. The topological polar surface area (TPSA) is 172 Å². The first-order chi connectivity index (χ1) is 9.29. The third kappa shape index (κ3) is 2.51. The molecule has 0 aliphatic rings. The molecule has 19 heavy (non-hydrogen) atoms. The number of nitrogens with one attached hydrogen (secondary N) is 4. The molecule has 0 amide bonds. The van der Waals surface area contributed by atoms with Gasteiger partial charge in [-0.25, -0.2) is 10.2 Å². The summed E-state index contributed by atoms with van der Waals surface area (Å²) < 4.78 is 0. The standard InChI is InChI=1S/C7H8N12/c8-3-13-6(15-4-9-1-11-18-4)17-7(14-3)16-5-10-2-12-19-5/h1-2H,(H6,8,9,10,11,12,13,14,15,16,17,18,19). The summed E-state index contributed by atoms with van der Waals surface area (Å²) in [6.07, 6.45) is 2.70. The first-order valence-electron chi connectivity index (χ1n) is 5.06. The second-order valence-corrected chi connectivity index (χ2v) is 3.26. The fraction of sp³-hybridized carbons (Fsp3) is 0. The molecule has 0 aliphatic heterocycles. The van der Waals surface area contributed by atoms with Crippen molar-refractivity contribution in [3.05, 3.63) is 12.7 Å². The molecule has 12 nitrogen and oxygen atoms in total. The third-order valence-electron chi connectivity index (χ3n) is 1.94. The van der Waals surface area contributed by atoms with Crippen LogP contribution in [0.2, 0.25) is 0 Å². The van der Waals surface area contributed by atoms with Crippen LogP contribution in [0.4, 0.5) is 29.7 Å². The Balaban J connectivity index is 1.83. The molecule has 0 saturated carbocycles. The minimum absolute atomic E-state index is 0.0408. The molecule has 0 aliphatic carbocycles. The van der Waals surface area contributed by atoms with Gasteiger partial charge in [0.25, 0.3) is 0 Å². The number of anilines is 5. The second-order valence-electron chi connectivity index (χ2n) is 3.26. The Kier molecular flexibility index (Phi) is 2.57. The summed E-state index contributed by atoms with van der Waals surface area (Å²) in [5.41, 5.74) is 5.58. The van der Waals surface area contributed by atoms with Gasteiger partial charge < -0.3 is 5.73 Å². The van der Waals surface area contributed by atoms with Gasteiger partial charge in [-0.05, 0) is 0 Å². The number of rotatable bonds is 4. The highest BCUT2D eigenvalue weighted by Crippen LogP contribution is 2.12. The fourth-order valence-corrected chi connectivity index (χ4v) is 1.25. The summed E-state index contributed by atoms with van der Waals surface area (Å²) in [5.74, 6) is 1.24. The van der Waals surface area contributed by atoms with Crippen molar-refractivity contribution in [3.63, 3.8) is 0 Å². The number of hydrogen-bond acceptors (Lipinski definition) is 10. The van der Waals surface area contributed by atoms with Crippen molar-refractivity contribution in [1.82, 2.24) is 45.3 Å².